The Morgan fingerprint density at radius 3 is 3.00 bits per heavy atom. The molecule has 5 heteroatoms. The lowest BCUT2D eigenvalue weighted by molar-refractivity contribution is 0.415. The number of benzene rings is 1. The van der Waals surface area contributed by atoms with E-state index in [1.165, 1.54) is 13.4 Å². The lowest BCUT2D eigenvalue weighted by atomic mass is 10.1. The fraction of sp³-hybridized carbons (Fsp3) is 0.0909. The molecule has 0 saturated heterocycles. The van der Waals surface area contributed by atoms with Crippen molar-refractivity contribution in [1.29, 1.82) is 0 Å². The minimum atomic E-state index is -0.893. The predicted octanol–water partition coefficient (Wildman–Crippen LogP) is 1.58. The van der Waals surface area contributed by atoms with Crippen LogP contribution in [0.2, 0.25) is 0 Å². The van der Waals surface area contributed by atoms with E-state index in [0.29, 0.717) is 11.3 Å². The number of aromatic amines is 1. The molecule has 2 rings (SSSR count). The van der Waals surface area contributed by atoms with Gasteiger partial charge in [-0.3, -0.25) is 4.79 Å². The average molecular weight is 220 g/mol. The zero-order valence-corrected chi connectivity index (χ0v) is 8.53. The third kappa shape index (κ3) is 1.79. The van der Waals surface area contributed by atoms with Crippen LogP contribution in [0.4, 0.5) is 4.39 Å². The summed E-state index contributed by atoms with van der Waals surface area (Å²) >= 11 is 0. The number of rotatable bonds is 2. The molecule has 2 aromatic rings. The highest BCUT2D eigenvalue weighted by Crippen LogP contribution is 2.22. The monoisotopic (exact) mass is 220 g/mol. The number of methoxy groups -OCH3 is 1. The highest BCUT2D eigenvalue weighted by molar-refractivity contribution is 5.61. The Hall–Kier alpha value is -2.17. The van der Waals surface area contributed by atoms with Gasteiger partial charge in [-0.25, -0.2) is 4.98 Å². The average Bonchev–Trinajstić information content (AvgIpc) is 2.33. The van der Waals surface area contributed by atoms with Gasteiger partial charge in [0.25, 0.3) is 5.56 Å². The Labute approximate surface area is 90.7 Å². The van der Waals surface area contributed by atoms with E-state index in [9.17, 15) is 9.18 Å². The molecule has 0 unspecified atom stereocenters. The molecule has 82 valence electrons. The van der Waals surface area contributed by atoms with Gasteiger partial charge in [-0.2, -0.15) is 4.39 Å². The van der Waals surface area contributed by atoms with Crippen molar-refractivity contribution < 1.29 is 9.13 Å². The molecule has 0 amide bonds. The maximum absolute atomic E-state index is 13.5. The predicted molar refractivity (Wildman–Crippen MR) is 56.8 cm³/mol. The minimum absolute atomic E-state index is 0.0163. The van der Waals surface area contributed by atoms with Crippen molar-refractivity contribution in [3.63, 3.8) is 0 Å². The Morgan fingerprint density at radius 2 is 2.25 bits per heavy atom. The number of H-pyrrole nitrogens is 1. The van der Waals surface area contributed by atoms with E-state index in [-0.39, 0.29) is 5.69 Å². The molecule has 0 atom stereocenters. The van der Waals surface area contributed by atoms with Gasteiger partial charge in [-0.05, 0) is 12.1 Å². The lowest BCUT2D eigenvalue weighted by Gasteiger charge is -2.03. The van der Waals surface area contributed by atoms with E-state index in [0.717, 1.165) is 0 Å². The van der Waals surface area contributed by atoms with E-state index >= 15 is 0 Å². The summed E-state index contributed by atoms with van der Waals surface area (Å²) in [4.78, 5) is 17.0. The summed E-state index contributed by atoms with van der Waals surface area (Å²) < 4.78 is 18.5. The Morgan fingerprint density at radius 1 is 1.44 bits per heavy atom. The molecule has 0 aliphatic carbocycles. The SMILES string of the molecule is COc1cccc(-c2nc[nH]c(=O)c2F)c1. The molecule has 1 aromatic heterocycles. The van der Waals surface area contributed by atoms with Crippen molar-refractivity contribution in [2.45, 2.75) is 0 Å². The van der Waals surface area contributed by atoms with E-state index < -0.39 is 11.4 Å². The van der Waals surface area contributed by atoms with Gasteiger partial charge in [0.05, 0.1) is 13.4 Å². The Kier molecular flexibility index (Phi) is 2.68. The molecule has 0 radical (unpaired) electrons. The Balaban J connectivity index is 2.58. The van der Waals surface area contributed by atoms with E-state index in [4.69, 9.17) is 4.74 Å². The van der Waals surface area contributed by atoms with Crippen LogP contribution >= 0.6 is 0 Å². The summed E-state index contributed by atoms with van der Waals surface area (Å²) in [6.07, 6.45) is 1.17. The minimum Gasteiger partial charge on any atom is -0.497 e. The zero-order valence-electron chi connectivity index (χ0n) is 8.53. The topological polar surface area (TPSA) is 55.0 Å². The maximum Gasteiger partial charge on any atom is 0.287 e. The first-order valence-electron chi connectivity index (χ1n) is 4.60. The second-order valence-electron chi connectivity index (χ2n) is 3.13. The molecular weight excluding hydrogens is 211 g/mol. The van der Waals surface area contributed by atoms with Crippen LogP contribution in [0.15, 0.2) is 35.4 Å². The maximum atomic E-state index is 13.5. The highest BCUT2D eigenvalue weighted by atomic mass is 19.1. The molecule has 0 aliphatic heterocycles. The van der Waals surface area contributed by atoms with Crippen molar-refractivity contribution in [3.8, 4) is 17.0 Å². The summed E-state index contributed by atoms with van der Waals surface area (Å²) in [5.41, 5.74) is -0.265. The second kappa shape index (κ2) is 4.14. The third-order valence-electron chi connectivity index (χ3n) is 2.14. The molecule has 0 fully saturated rings. The fourth-order valence-corrected chi connectivity index (χ4v) is 1.35. The van der Waals surface area contributed by atoms with Gasteiger partial charge in [0.15, 0.2) is 0 Å². The fourth-order valence-electron chi connectivity index (χ4n) is 1.35. The molecule has 4 nitrogen and oxygen atoms in total. The van der Waals surface area contributed by atoms with Crippen LogP contribution < -0.4 is 10.3 Å². The first-order chi connectivity index (χ1) is 7.72. The lowest BCUT2D eigenvalue weighted by Crippen LogP contribution is -2.12. The van der Waals surface area contributed by atoms with Crippen LogP contribution in [0.25, 0.3) is 11.3 Å². The van der Waals surface area contributed by atoms with Gasteiger partial charge in [0, 0.05) is 5.56 Å². The van der Waals surface area contributed by atoms with Gasteiger partial charge in [0.1, 0.15) is 11.4 Å². The van der Waals surface area contributed by atoms with Crippen molar-refractivity contribution in [3.05, 3.63) is 46.8 Å². The summed E-state index contributed by atoms with van der Waals surface area (Å²) in [6, 6.07) is 6.71. The van der Waals surface area contributed by atoms with Crippen molar-refractivity contribution >= 4 is 0 Å². The van der Waals surface area contributed by atoms with Gasteiger partial charge < -0.3 is 9.72 Å². The molecule has 16 heavy (non-hydrogen) atoms. The van der Waals surface area contributed by atoms with Crippen molar-refractivity contribution in [2.24, 2.45) is 0 Å². The standard InChI is InChI=1S/C11H9FN2O2/c1-16-8-4-2-3-7(5-8)10-9(12)11(15)14-6-13-10/h2-6H,1H3,(H,13,14,15). The quantitative estimate of drug-likeness (QED) is 0.836. The number of ether oxygens (including phenoxy) is 1. The van der Waals surface area contributed by atoms with Crippen molar-refractivity contribution in [2.75, 3.05) is 7.11 Å². The molecule has 0 spiro atoms. The largest absolute Gasteiger partial charge is 0.497 e. The molecule has 0 aliphatic rings. The second-order valence-corrected chi connectivity index (χ2v) is 3.13. The number of nitrogens with one attached hydrogen (secondary N) is 1. The van der Waals surface area contributed by atoms with Gasteiger partial charge in [-0.15, -0.1) is 0 Å². The molecule has 0 bridgehead atoms. The van der Waals surface area contributed by atoms with Crippen LogP contribution in [-0.2, 0) is 0 Å². The van der Waals surface area contributed by atoms with E-state index in [1.54, 1.807) is 24.3 Å². The molecule has 0 saturated carbocycles. The van der Waals surface area contributed by atoms with Crippen molar-refractivity contribution in [1.82, 2.24) is 9.97 Å². The first kappa shape index (κ1) is 10.4. The first-order valence-corrected chi connectivity index (χ1v) is 4.60. The number of hydrogen-bond acceptors (Lipinski definition) is 3. The van der Waals surface area contributed by atoms with Crippen LogP contribution in [-0.4, -0.2) is 17.1 Å². The zero-order chi connectivity index (χ0) is 11.5. The van der Waals surface area contributed by atoms with Crippen LogP contribution in [0.5, 0.6) is 5.75 Å². The van der Waals surface area contributed by atoms with Crippen LogP contribution in [0.1, 0.15) is 0 Å². The number of halogens is 1. The molecular formula is C11H9FN2O2. The van der Waals surface area contributed by atoms with E-state index in [2.05, 4.69) is 9.97 Å². The number of nitrogens with zero attached hydrogens (tertiary/aromatic N) is 1. The molecule has 1 N–H and O–H groups in total. The molecule has 1 heterocycles. The summed E-state index contributed by atoms with van der Waals surface area (Å²) in [5.74, 6) is -0.310. The van der Waals surface area contributed by atoms with Gasteiger partial charge in [0.2, 0.25) is 5.82 Å². The van der Waals surface area contributed by atoms with Gasteiger partial charge in [-0.1, -0.05) is 12.1 Å². The Bertz CT molecular complexity index is 566. The highest BCUT2D eigenvalue weighted by Gasteiger charge is 2.10. The summed E-state index contributed by atoms with van der Waals surface area (Å²) in [5, 5.41) is 0. The van der Waals surface area contributed by atoms with E-state index in [1.807, 2.05) is 0 Å². The number of aromatic nitrogens is 2. The third-order valence-corrected chi connectivity index (χ3v) is 2.14. The molecule has 1 aromatic carbocycles. The van der Waals surface area contributed by atoms with Gasteiger partial charge >= 0.3 is 0 Å². The van der Waals surface area contributed by atoms with Crippen LogP contribution in [0, 0.1) is 5.82 Å². The van der Waals surface area contributed by atoms with Crippen LogP contribution in [0.3, 0.4) is 0 Å². The summed E-state index contributed by atoms with van der Waals surface area (Å²) in [7, 11) is 1.51. The normalized spacial score (nSPS) is 10.1. The smallest absolute Gasteiger partial charge is 0.287 e. The number of hydrogen-bond donors (Lipinski definition) is 1. The summed E-state index contributed by atoms with van der Waals surface area (Å²) in [6.45, 7) is 0.